The van der Waals surface area contributed by atoms with Crippen molar-refractivity contribution in [1.82, 2.24) is 4.90 Å². The molecule has 0 aromatic heterocycles. The highest BCUT2D eigenvalue weighted by Crippen LogP contribution is 2.12. The van der Waals surface area contributed by atoms with Crippen LogP contribution in [-0.2, 0) is 11.2 Å². The first kappa shape index (κ1) is 15.3. The van der Waals surface area contributed by atoms with E-state index in [1.165, 1.54) is 0 Å². The Morgan fingerprint density at radius 3 is 2.72 bits per heavy atom. The van der Waals surface area contributed by atoms with E-state index in [4.69, 9.17) is 23.2 Å². The van der Waals surface area contributed by atoms with Gasteiger partial charge in [-0.2, -0.15) is 0 Å². The number of halogens is 2. The van der Waals surface area contributed by atoms with Crippen LogP contribution in [0.3, 0.4) is 0 Å². The van der Waals surface area contributed by atoms with Crippen molar-refractivity contribution >= 4 is 29.1 Å². The standard InChI is InChI=1S/C14H19Cl2NO/c1-17(9-4-2-3-8-15)14(18)11-12-6-5-7-13(16)10-12/h5-7,10H,2-4,8-9,11H2,1H3. The average molecular weight is 288 g/mol. The SMILES string of the molecule is CN(CCCCCCl)C(=O)Cc1cccc(Cl)c1. The molecule has 0 saturated heterocycles. The van der Waals surface area contributed by atoms with Gasteiger partial charge in [0, 0.05) is 24.5 Å². The van der Waals surface area contributed by atoms with Crippen LogP contribution in [0.4, 0.5) is 0 Å². The molecule has 1 aromatic carbocycles. The van der Waals surface area contributed by atoms with Crippen molar-refractivity contribution < 1.29 is 4.79 Å². The van der Waals surface area contributed by atoms with Gasteiger partial charge in [0.15, 0.2) is 0 Å². The van der Waals surface area contributed by atoms with Crippen LogP contribution in [-0.4, -0.2) is 30.3 Å². The molecule has 0 atom stereocenters. The molecule has 0 radical (unpaired) electrons. The minimum atomic E-state index is 0.128. The number of hydrogen-bond acceptors (Lipinski definition) is 1. The highest BCUT2D eigenvalue weighted by atomic mass is 35.5. The average Bonchev–Trinajstić information content (AvgIpc) is 2.34. The number of likely N-dealkylation sites (N-methyl/N-ethyl adjacent to an activating group) is 1. The molecule has 0 heterocycles. The maximum absolute atomic E-state index is 11.9. The molecule has 1 aromatic rings. The number of carbonyl (C=O) groups excluding carboxylic acids is 1. The summed E-state index contributed by atoms with van der Waals surface area (Å²) in [6.45, 7) is 0.788. The molecule has 0 N–H and O–H groups in total. The topological polar surface area (TPSA) is 20.3 Å². The van der Waals surface area contributed by atoms with Gasteiger partial charge < -0.3 is 4.90 Å². The second kappa shape index (κ2) is 8.39. The third-order valence-corrected chi connectivity index (χ3v) is 3.30. The Balaban J connectivity index is 2.35. The van der Waals surface area contributed by atoms with Gasteiger partial charge in [0.2, 0.25) is 5.91 Å². The number of alkyl halides is 1. The van der Waals surface area contributed by atoms with E-state index in [0.29, 0.717) is 17.3 Å². The first-order chi connectivity index (χ1) is 8.63. The third kappa shape index (κ3) is 5.74. The summed E-state index contributed by atoms with van der Waals surface area (Å²) >= 11 is 11.5. The van der Waals surface area contributed by atoms with Crippen LogP contribution in [0.5, 0.6) is 0 Å². The van der Waals surface area contributed by atoms with E-state index in [9.17, 15) is 4.79 Å². The molecule has 0 fully saturated rings. The lowest BCUT2D eigenvalue weighted by molar-refractivity contribution is -0.129. The largest absolute Gasteiger partial charge is 0.345 e. The Kier molecular flexibility index (Phi) is 7.14. The summed E-state index contributed by atoms with van der Waals surface area (Å²) in [4.78, 5) is 13.7. The molecule has 4 heteroatoms. The van der Waals surface area contributed by atoms with Crippen LogP contribution in [0.1, 0.15) is 24.8 Å². The van der Waals surface area contributed by atoms with Crippen LogP contribution in [0, 0.1) is 0 Å². The first-order valence-electron chi connectivity index (χ1n) is 6.18. The molecule has 2 nitrogen and oxygen atoms in total. The smallest absolute Gasteiger partial charge is 0.226 e. The molecule has 1 amide bonds. The number of amides is 1. The normalized spacial score (nSPS) is 10.4. The Bertz CT molecular complexity index is 382. The fourth-order valence-corrected chi connectivity index (χ4v) is 2.10. The number of hydrogen-bond donors (Lipinski definition) is 0. The molecule has 0 aliphatic rings. The third-order valence-electron chi connectivity index (χ3n) is 2.80. The van der Waals surface area contributed by atoms with Crippen molar-refractivity contribution in [2.45, 2.75) is 25.7 Å². The van der Waals surface area contributed by atoms with Crippen molar-refractivity contribution in [2.75, 3.05) is 19.5 Å². The van der Waals surface area contributed by atoms with E-state index in [1.807, 2.05) is 31.3 Å². The van der Waals surface area contributed by atoms with E-state index >= 15 is 0 Å². The number of unbranched alkanes of at least 4 members (excludes halogenated alkanes) is 2. The van der Waals surface area contributed by atoms with Crippen LogP contribution in [0.15, 0.2) is 24.3 Å². The molecule has 100 valence electrons. The summed E-state index contributed by atoms with van der Waals surface area (Å²) in [5, 5.41) is 0.671. The summed E-state index contributed by atoms with van der Waals surface area (Å²) in [5.74, 6) is 0.823. The highest BCUT2D eigenvalue weighted by molar-refractivity contribution is 6.30. The Morgan fingerprint density at radius 1 is 1.28 bits per heavy atom. The Labute approximate surface area is 119 Å². The molecule has 0 spiro atoms. The summed E-state index contributed by atoms with van der Waals surface area (Å²) in [7, 11) is 1.84. The number of nitrogens with zero attached hydrogens (tertiary/aromatic N) is 1. The zero-order chi connectivity index (χ0) is 13.4. The second-order valence-corrected chi connectivity index (χ2v) is 5.19. The number of rotatable bonds is 7. The molecule has 0 aliphatic carbocycles. The monoisotopic (exact) mass is 287 g/mol. The van der Waals surface area contributed by atoms with Gasteiger partial charge in [-0.25, -0.2) is 0 Å². The second-order valence-electron chi connectivity index (χ2n) is 4.37. The molecule has 0 unspecified atom stereocenters. The molecular weight excluding hydrogens is 269 g/mol. The van der Waals surface area contributed by atoms with E-state index in [2.05, 4.69) is 0 Å². The summed E-state index contributed by atoms with van der Waals surface area (Å²) in [6, 6.07) is 7.43. The van der Waals surface area contributed by atoms with Crippen molar-refractivity contribution in [2.24, 2.45) is 0 Å². The number of carbonyl (C=O) groups is 1. The van der Waals surface area contributed by atoms with Gasteiger partial charge in [-0.15, -0.1) is 11.6 Å². The maximum atomic E-state index is 11.9. The quantitative estimate of drug-likeness (QED) is 0.552. The van der Waals surface area contributed by atoms with E-state index in [1.54, 1.807) is 4.90 Å². The predicted molar refractivity (Wildman–Crippen MR) is 77.4 cm³/mol. The van der Waals surface area contributed by atoms with Gasteiger partial charge >= 0.3 is 0 Å². The fraction of sp³-hybridized carbons (Fsp3) is 0.500. The van der Waals surface area contributed by atoms with Gasteiger partial charge in [0.05, 0.1) is 6.42 Å². The Morgan fingerprint density at radius 2 is 2.06 bits per heavy atom. The fourth-order valence-electron chi connectivity index (χ4n) is 1.70. The molecular formula is C14H19Cl2NO. The summed E-state index contributed by atoms with van der Waals surface area (Å²) in [5.41, 5.74) is 0.958. The van der Waals surface area contributed by atoms with Gasteiger partial charge in [-0.3, -0.25) is 4.79 Å². The summed E-state index contributed by atoms with van der Waals surface area (Å²) < 4.78 is 0. The van der Waals surface area contributed by atoms with E-state index in [-0.39, 0.29) is 5.91 Å². The lowest BCUT2D eigenvalue weighted by Gasteiger charge is -2.17. The molecule has 1 rings (SSSR count). The van der Waals surface area contributed by atoms with Crippen LogP contribution >= 0.6 is 23.2 Å². The van der Waals surface area contributed by atoms with E-state index in [0.717, 1.165) is 31.4 Å². The molecule has 0 aliphatic heterocycles. The van der Waals surface area contributed by atoms with E-state index < -0.39 is 0 Å². The van der Waals surface area contributed by atoms with Crippen LogP contribution < -0.4 is 0 Å². The first-order valence-corrected chi connectivity index (χ1v) is 7.09. The molecule has 18 heavy (non-hydrogen) atoms. The zero-order valence-electron chi connectivity index (χ0n) is 10.7. The van der Waals surface area contributed by atoms with Gasteiger partial charge in [-0.05, 0) is 30.5 Å². The lowest BCUT2D eigenvalue weighted by Crippen LogP contribution is -2.29. The van der Waals surface area contributed by atoms with Gasteiger partial charge in [-0.1, -0.05) is 30.2 Å². The van der Waals surface area contributed by atoms with Crippen molar-refractivity contribution in [3.63, 3.8) is 0 Å². The maximum Gasteiger partial charge on any atom is 0.226 e. The predicted octanol–water partition coefficient (Wildman–Crippen LogP) is 3.75. The lowest BCUT2D eigenvalue weighted by atomic mass is 10.1. The zero-order valence-corrected chi connectivity index (χ0v) is 12.2. The van der Waals surface area contributed by atoms with Gasteiger partial charge in [0.1, 0.15) is 0 Å². The van der Waals surface area contributed by atoms with Crippen LogP contribution in [0.25, 0.3) is 0 Å². The molecule has 0 bridgehead atoms. The van der Waals surface area contributed by atoms with Crippen molar-refractivity contribution in [3.05, 3.63) is 34.9 Å². The molecule has 0 saturated carbocycles. The van der Waals surface area contributed by atoms with Crippen LogP contribution in [0.2, 0.25) is 5.02 Å². The number of benzene rings is 1. The van der Waals surface area contributed by atoms with Gasteiger partial charge in [0.25, 0.3) is 0 Å². The van der Waals surface area contributed by atoms with Crippen molar-refractivity contribution in [1.29, 1.82) is 0 Å². The highest BCUT2D eigenvalue weighted by Gasteiger charge is 2.09. The minimum absolute atomic E-state index is 0.128. The van der Waals surface area contributed by atoms with Crippen molar-refractivity contribution in [3.8, 4) is 0 Å². The minimum Gasteiger partial charge on any atom is -0.345 e. The Hall–Kier alpha value is -0.730. The summed E-state index contributed by atoms with van der Waals surface area (Å²) in [6.07, 6.45) is 3.49.